The number of rotatable bonds is 14. The second kappa shape index (κ2) is 12.8. The Morgan fingerprint density at radius 2 is 1.80 bits per heavy atom. The fourth-order valence-corrected chi connectivity index (χ4v) is 2.46. The van der Waals surface area contributed by atoms with Crippen LogP contribution in [0.25, 0.3) is 0 Å². The van der Waals surface area contributed by atoms with Crippen molar-refractivity contribution in [3.05, 3.63) is 35.4 Å². The van der Waals surface area contributed by atoms with Crippen LogP contribution in [0.3, 0.4) is 0 Å². The summed E-state index contributed by atoms with van der Waals surface area (Å²) in [6, 6.07) is 3.29. The van der Waals surface area contributed by atoms with Crippen molar-refractivity contribution >= 4 is 17.7 Å². The molecule has 30 heavy (non-hydrogen) atoms. The second-order valence-corrected chi connectivity index (χ2v) is 6.34. The number of unbranched alkanes of at least 4 members (excludes halogenated alkanes) is 1. The molecule has 1 unspecified atom stereocenters. The van der Waals surface area contributed by atoms with Gasteiger partial charge in [0.15, 0.2) is 0 Å². The first-order valence-electron chi connectivity index (χ1n) is 9.18. The number of alkyl halides is 3. The highest BCUT2D eigenvalue weighted by Crippen LogP contribution is 2.29. The molecule has 11 heteroatoms. The van der Waals surface area contributed by atoms with Crippen LogP contribution in [0.1, 0.15) is 36.8 Å². The Bertz CT molecular complexity index is 707. The summed E-state index contributed by atoms with van der Waals surface area (Å²) in [6.45, 7) is 0.508. The third-order valence-electron chi connectivity index (χ3n) is 3.99. The number of halogens is 3. The molecule has 0 fully saturated rings. The Labute approximate surface area is 171 Å². The molecule has 0 aliphatic heterocycles. The van der Waals surface area contributed by atoms with E-state index in [2.05, 4.69) is 10.5 Å². The van der Waals surface area contributed by atoms with Gasteiger partial charge in [-0.1, -0.05) is 17.3 Å². The molecule has 0 bridgehead atoms. The van der Waals surface area contributed by atoms with E-state index in [-0.39, 0.29) is 13.2 Å². The number of carbonyl (C=O) groups is 2. The molecule has 0 spiro atoms. The Morgan fingerprint density at radius 1 is 1.13 bits per heavy atom. The number of ether oxygens (including phenoxy) is 1. The third kappa shape index (κ3) is 9.70. The number of carboxylic acid groups (broad SMARTS) is 2. The van der Waals surface area contributed by atoms with Crippen LogP contribution in [-0.2, 0) is 25.3 Å². The number of hydrogen-bond donors (Lipinski definition) is 3. The molecular weight excluding hydrogens is 409 g/mol. The van der Waals surface area contributed by atoms with Gasteiger partial charge in [-0.2, -0.15) is 13.2 Å². The van der Waals surface area contributed by atoms with Gasteiger partial charge >= 0.3 is 18.1 Å². The van der Waals surface area contributed by atoms with E-state index in [9.17, 15) is 22.8 Å². The van der Waals surface area contributed by atoms with E-state index in [1.165, 1.54) is 12.1 Å². The van der Waals surface area contributed by atoms with Crippen LogP contribution in [0, 0.1) is 0 Å². The number of nitrogens with one attached hydrogen (secondary N) is 1. The van der Waals surface area contributed by atoms with Crippen molar-refractivity contribution in [2.24, 2.45) is 5.16 Å². The fourth-order valence-electron chi connectivity index (χ4n) is 2.46. The van der Waals surface area contributed by atoms with E-state index in [4.69, 9.17) is 19.8 Å². The first kappa shape index (κ1) is 25.4. The van der Waals surface area contributed by atoms with Crippen molar-refractivity contribution in [2.45, 2.75) is 37.9 Å². The van der Waals surface area contributed by atoms with E-state index >= 15 is 0 Å². The maximum Gasteiger partial charge on any atom is 0.416 e. The summed E-state index contributed by atoms with van der Waals surface area (Å²) in [5.41, 5.74) is 0.149. The third-order valence-corrected chi connectivity index (χ3v) is 3.99. The van der Waals surface area contributed by atoms with Gasteiger partial charge in [-0.05, 0) is 37.0 Å². The molecule has 0 aromatic heterocycles. The lowest BCUT2D eigenvalue weighted by Crippen LogP contribution is -2.40. The van der Waals surface area contributed by atoms with Crippen molar-refractivity contribution in [3.63, 3.8) is 0 Å². The first-order chi connectivity index (χ1) is 14.1. The summed E-state index contributed by atoms with van der Waals surface area (Å²) in [5.74, 6) is -2.56. The minimum atomic E-state index is -4.44. The summed E-state index contributed by atoms with van der Waals surface area (Å²) >= 11 is 0. The molecule has 1 atom stereocenters. The Hall–Kier alpha value is -2.66. The van der Waals surface area contributed by atoms with E-state index < -0.39 is 36.1 Å². The lowest BCUT2D eigenvalue weighted by Gasteiger charge is -2.12. The van der Waals surface area contributed by atoms with Crippen molar-refractivity contribution in [1.29, 1.82) is 0 Å². The zero-order valence-electron chi connectivity index (χ0n) is 16.4. The van der Waals surface area contributed by atoms with Gasteiger partial charge in [0.2, 0.25) is 0 Å². The standard InChI is InChI=1S/C19H25F3N2O6/c1-29-10-3-2-4-15(13-5-7-14(8-6-13)19(20,21)22)24-30-11-9-23-16(18(27)28)12-17(25)26/h5-8,16,23H,2-4,9-12H2,1H3,(H,25,26)(H,27,28)/b24-15+. The highest BCUT2D eigenvalue weighted by Gasteiger charge is 2.30. The lowest BCUT2D eigenvalue weighted by atomic mass is 10.0. The van der Waals surface area contributed by atoms with Gasteiger partial charge in [0.05, 0.1) is 17.7 Å². The summed E-state index contributed by atoms with van der Waals surface area (Å²) < 4.78 is 43.2. The van der Waals surface area contributed by atoms with Crippen LogP contribution in [-0.4, -0.2) is 60.8 Å². The number of nitrogens with zero attached hydrogens (tertiary/aromatic N) is 1. The number of carboxylic acids is 2. The zero-order valence-corrected chi connectivity index (χ0v) is 16.4. The molecule has 0 radical (unpaired) electrons. The molecule has 168 valence electrons. The maximum atomic E-state index is 12.7. The quantitative estimate of drug-likeness (QED) is 0.234. The molecule has 0 heterocycles. The van der Waals surface area contributed by atoms with E-state index in [1.807, 2.05) is 0 Å². The molecular formula is C19H25F3N2O6. The van der Waals surface area contributed by atoms with Crippen molar-refractivity contribution in [1.82, 2.24) is 5.32 Å². The van der Waals surface area contributed by atoms with Gasteiger partial charge in [-0.25, -0.2) is 0 Å². The van der Waals surface area contributed by atoms with E-state index in [1.54, 1.807) is 7.11 Å². The Morgan fingerprint density at radius 3 is 2.33 bits per heavy atom. The average Bonchev–Trinajstić information content (AvgIpc) is 2.67. The molecule has 1 rings (SSSR count). The summed E-state index contributed by atoms with van der Waals surface area (Å²) in [7, 11) is 1.57. The fraction of sp³-hybridized carbons (Fsp3) is 0.526. The van der Waals surface area contributed by atoms with Crippen LogP contribution in [0.2, 0.25) is 0 Å². The molecule has 1 aromatic carbocycles. The average molecular weight is 434 g/mol. The number of aliphatic carboxylic acids is 2. The van der Waals surface area contributed by atoms with E-state index in [0.717, 1.165) is 18.6 Å². The maximum absolute atomic E-state index is 12.7. The van der Waals surface area contributed by atoms with Crippen LogP contribution in [0.15, 0.2) is 29.4 Å². The van der Waals surface area contributed by atoms with Crippen LogP contribution in [0.4, 0.5) is 13.2 Å². The monoisotopic (exact) mass is 434 g/mol. The van der Waals surface area contributed by atoms with Gasteiger partial charge in [0.1, 0.15) is 12.6 Å². The molecule has 0 aliphatic carbocycles. The van der Waals surface area contributed by atoms with Crippen molar-refractivity contribution < 1.29 is 42.5 Å². The van der Waals surface area contributed by atoms with Crippen LogP contribution in [0.5, 0.6) is 0 Å². The molecule has 0 amide bonds. The summed E-state index contributed by atoms with van der Waals surface area (Å²) in [4.78, 5) is 26.8. The number of methoxy groups -OCH3 is 1. The highest BCUT2D eigenvalue weighted by molar-refractivity contribution is 6.00. The summed E-state index contributed by atoms with van der Waals surface area (Å²) in [6.07, 6.45) is -3.18. The topological polar surface area (TPSA) is 117 Å². The first-order valence-corrected chi connectivity index (χ1v) is 9.18. The smallest absolute Gasteiger partial charge is 0.416 e. The summed E-state index contributed by atoms with van der Waals surface area (Å²) in [5, 5.41) is 24.1. The molecule has 0 aliphatic rings. The largest absolute Gasteiger partial charge is 0.481 e. The molecule has 3 N–H and O–H groups in total. The van der Waals surface area contributed by atoms with E-state index in [0.29, 0.717) is 30.7 Å². The number of hydrogen-bond acceptors (Lipinski definition) is 6. The SMILES string of the molecule is COCCCC/C(=N\OCCNC(CC(=O)O)C(=O)O)c1ccc(C(F)(F)F)cc1. The predicted molar refractivity (Wildman–Crippen MR) is 101 cm³/mol. The van der Waals surface area contributed by atoms with Gasteiger partial charge in [0.25, 0.3) is 0 Å². The molecule has 0 saturated heterocycles. The number of benzene rings is 1. The van der Waals surface area contributed by atoms with Gasteiger partial charge < -0.3 is 25.1 Å². The lowest BCUT2D eigenvalue weighted by molar-refractivity contribution is -0.146. The Balaban J connectivity index is 2.71. The van der Waals surface area contributed by atoms with Gasteiger partial charge in [-0.3, -0.25) is 9.59 Å². The Kier molecular flexibility index (Phi) is 10.8. The van der Waals surface area contributed by atoms with Gasteiger partial charge in [-0.15, -0.1) is 0 Å². The second-order valence-electron chi connectivity index (χ2n) is 6.34. The van der Waals surface area contributed by atoms with Crippen molar-refractivity contribution in [2.75, 3.05) is 26.9 Å². The highest BCUT2D eigenvalue weighted by atomic mass is 19.4. The van der Waals surface area contributed by atoms with Crippen molar-refractivity contribution in [3.8, 4) is 0 Å². The molecule has 1 aromatic rings. The van der Waals surface area contributed by atoms with Crippen LogP contribution >= 0.6 is 0 Å². The number of oxime groups is 1. The van der Waals surface area contributed by atoms with Crippen LogP contribution < -0.4 is 5.32 Å². The molecule has 0 saturated carbocycles. The minimum absolute atomic E-state index is 0.0255. The predicted octanol–water partition coefficient (Wildman–Crippen LogP) is 2.76. The normalized spacial score (nSPS) is 13.1. The zero-order chi connectivity index (χ0) is 22.6. The minimum Gasteiger partial charge on any atom is -0.481 e. The molecule has 8 nitrogen and oxygen atoms in total. The van der Waals surface area contributed by atoms with Gasteiger partial charge in [0, 0.05) is 20.3 Å².